The van der Waals surface area contributed by atoms with Gasteiger partial charge in [-0.1, -0.05) is 6.07 Å². The molecule has 2 aliphatic rings. The second-order valence-corrected chi connectivity index (χ2v) is 8.96. The van der Waals surface area contributed by atoms with E-state index in [0.717, 1.165) is 5.39 Å². The zero-order chi connectivity index (χ0) is 25.4. The summed E-state index contributed by atoms with van der Waals surface area (Å²) in [6.45, 7) is 2.28. The molecule has 186 valence electrons. The maximum Gasteiger partial charge on any atom is 0.272 e. The summed E-state index contributed by atoms with van der Waals surface area (Å²) in [4.78, 5) is 44.0. The third-order valence-electron chi connectivity index (χ3n) is 6.64. The summed E-state index contributed by atoms with van der Waals surface area (Å²) in [5.41, 5.74) is 1.90. The molecule has 1 aromatic heterocycles. The highest BCUT2D eigenvalue weighted by molar-refractivity contribution is 6.04. The van der Waals surface area contributed by atoms with Gasteiger partial charge in [0.15, 0.2) is 0 Å². The molecule has 0 radical (unpaired) electrons. The van der Waals surface area contributed by atoms with Crippen molar-refractivity contribution >= 4 is 40.0 Å². The number of hydrogen-bond donors (Lipinski definition) is 3. The monoisotopic (exact) mass is 489 g/mol. The van der Waals surface area contributed by atoms with Crippen LogP contribution in [0.15, 0.2) is 42.5 Å². The van der Waals surface area contributed by atoms with Crippen LogP contribution in [0.4, 0.5) is 11.4 Å². The van der Waals surface area contributed by atoms with Crippen molar-refractivity contribution < 1.29 is 23.9 Å². The minimum Gasteiger partial charge on any atom is -0.496 e. The van der Waals surface area contributed by atoms with Crippen LogP contribution in [0.3, 0.4) is 0 Å². The average Bonchev–Trinajstić information content (AvgIpc) is 2.87. The molecule has 2 aliphatic heterocycles. The van der Waals surface area contributed by atoms with Gasteiger partial charge in [-0.05, 0) is 30.3 Å². The standard InChI is InChI=1S/C26H27N5O5/c1-15(32)27-16-7-8-19-18(13-16)24(33)30-26(29-19)9-11-31(12-10-26)25(34)20-14-22(36-3)17-5-4-6-21(35-2)23(17)28-20/h4-8,13-14,29H,9-12H2,1-3H3,(H,27,32)(H,30,33). The molecule has 10 nitrogen and oxygen atoms in total. The summed E-state index contributed by atoms with van der Waals surface area (Å²) < 4.78 is 11.0. The predicted molar refractivity (Wildman–Crippen MR) is 135 cm³/mol. The Hall–Kier alpha value is -4.34. The van der Waals surface area contributed by atoms with E-state index >= 15 is 0 Å². The number of hydrogen-bond acceptors (Lipinski definition) is 7. The van der Waals surface area contributed by atoms with Crippen LogP contribution in [0.1, 0.15) is 40.6 Å². The molecule has 0 aliphatic carbocycles. The number of likely N-dealkylation sites (tertiary alicyclic amines) is 1. The normalized spacial score (nSPS) is 16.1. The number of fused-ring (bicyclic) bond motifs is 2. The lowest BCUT2D eigenvalue weighted by Gasteiger charge is -2.45. The van der Waals surface area contributed by atoms with Crippen molar-refractivity contribution in [3.8, 4) is 11.5 Å². The Balaban J connectivity index is 1.34. The van der Waals surface area contributed by atoms with E-state index in [-0.39, 0.29) is 23.4 Å². The lowest BCUT2D eigenvalue weighted by atomic mass is 9.92. The first-order chi connectivity index (χ1) is 17.3. The van der Waals surface area contributed by atoms with Gasteiger partial charge in [0, 0.05) is 55.7 Å². The van der Waals surface area contributed by atoms with Crippen LogP contribution >= 0.6 is 0 Å². The molecule has 2 aromatic carbocycles. The largest absolute Gasteiger partial charge is 0.496 e. The van der Waals surface area contributed by atoms with E-state index < -0.39 is 5.66 Å². The van der Waals surface area contributed by atoms with Crippen LogP contribution in [-0.4, -0.2) is 60.6 Å². The van der Waals surface area contributed by atoms with Crippen molar-refractivity contribution in [2.24, 2.45) is 0 Å². The number of rotatable bonds is 4. The molecule has 0 unspecified atom stereocenters. The first kappa shape index (κ1) is 23.4. The Kier molecular flexibility index (Phi) is 5.87. The average molecular weight is 490 g/mol. The number of aromatic nitrogens is 1. The van der Waals surface area contributed by atoms with Gasteiger partial charge < -0.3 is 30.3 Å². The summed E-state index contributed by atoms with van der Waals surface area (Å²) in [6, 6.07) is 12.4. The Labute approximate surface area is 208 Å². The van der Waals surface area contributed by atoms with Crippen LogP contribution in [0.5, 0.6) is 11.5 Å². The number of amides is 3. The third-order valence-corrected chi connectivity index (χ3v) is 6.64. The SMILES string of the molecule is COc1cc(C(=O)N2CCC3(CC2)NC(=O)c2cc(NC(C)=O)ccc2N3)nc2c(OC)cccc12. The van der Waals surface area contributed by atoms with E-state index in [0.29, 0.717) is 59.9 Å². The summed E-state index contributed by atoms with van der Waals surface area (Å²) in [7, 11) is 3.12. The number of anilines is 2. The minimum absolute atomic E-state index is 0.204. The van der Waals surface area contributed by atoms with Gasteiger partial charge in [0.2, 0.25) is 5.91 Å². The van der Waals surface area contributed by atoms with Crippen molar-refractivity contribution in [1.82, 2.24) is 15.2 Å². The maximum atomic E-state index is 13.4. The summed E-state index contributed by atoms with van der Waals surface area (Å²) in [5, 5.41) is 9.97. The highest BCUT2D eigenvalue weighted by atomic mass is 16.5. The quantitative estimate of drug-likeness (QED) is 0.515. The van der Waals surface area contributed by atoms with Gasteiger partial charge in [0.05, 0.1) is 19.8 Å². The van der Waals surface area contributed by atoms with Crippen LogP contribution in [-0.2, 0) is 4.79 Å². The maximum absolute atomic E-state index is 13.4. The fraction of sp³-hybridized carbons (Fsp3) is 0.308. The molecular formula is C26H27N5O5. The molecule has 0 atom stereocenters. The molecule has 1 saturated heterocycles. The number of para-hydroxylation sites is 1. The van der Waals surface area contributed by atoms with Crippen LogP contribution in [0.25, 0.3) is 10.9 Å². The van der Waals surface area contributed by atoms with Gasteiger partial charge in [-0.2, -0.15) is 0 Å². The molecule has 10 heteroatoms. The number of piperidine rings is 1. The Morgan fingerprint density at radius 1 is 1.03 bits per heavy atom. The number of pyridine rings is 1. The van der Waals surface area contributed by atoms with Crippen molar-refractivity contribution in [3.63, 3.8) is 0 Å². The van der Waals surface area contributed by atoms with E-state index in [2.05, 4.69) is 20.9 Å². The predicted octanol–water partition coefficient (Wildman–Crippen LogP) is 3.00. The smallest absolute Gasteiger partial charge is 0.272 e. The number of nitrogens with one attached hydrogen (secondary N) is 3. The molecule has 3 amide bonds. The van der Waals surface area contributed by atoms with Gasteiger partial charge in [0.25, 0.3) is 11.8 Å². The van der Waals surface area contributed by atoms with E-state index in [1.165, 1.54) is 6.92 Å². The van der Waals surface area contributed by atoms with Gasteiger partial charge in [-0.15, -0.1) is 0 Å². The molecular weight excluding hydrogens is 462 g/mol. The van der Waals surface area contributed by atoms with E-state index in [4.69, 9.17) is 9.47 Å². The van der Waals surface area contributed by atoms with Gasteiger partial charge in [-0.25, -0.2) is 4.98 Å². The number of carbonyl (C=O) groups excluding carboxylic acids is 3. The second-order valence-electron chi connectivity index (χ2n) is 8.96. The molecule has 1 fully saturated rings. The molecule has 1 spiro atoms. The molecule has 5 rings (SSSR count). The molecule has 36 heavy (non-hydrogen) atoms. The summed E-state index contributed by atoms with van der Waals surface area (Å²) >= 11 is 0. The van der Waals surface area contributed by atoms with Gasteiger partial charge >= 0.3 is 0 Å². The fourth-order valence-corrected chi connectivity index (χ4v) is 4.83. The minimum atomic E-state index is -0.659. The molecule has 3 aromatic rings. The topological polar surface area (TPSA) is 122 Å². The number of benzene rings is 2. The number of carbonyl (C=O) groups is 3. The first-order valence-electron chi connectivity index (χ1n) is 11.7. The zero-order valence-electron chi connectivity index (χ0n) is 20.3. The molecule has 0 bridgehead atoms. The molecule has 0 saturated carbocycles. The zero-order valence-corrected chi connectivity index (χ0v) is 20.3. The van der Waals surface area contributed by atoms with Gasteiger partial charge in [-0.3, -0.25) is 14.4 Å². The van der Waals surface area contributed by atoms with E-state index in [1.54, 1.807) is 49.5 Å². The van der Waals surface area contributed by atoms with Gasteiger partial charge in [0.1, 0.15) is 28.4 Å². The van der Waals surface area contributed by atoms with Crippen molar-refractivity contribution in [2.75, 3.05) is 37.9 Å². The molecule has 3 N–H and O–H groups in total. The highest BCUT2D eigenvalue weighted by Gasteiger charge is 2.41. The first-order valence-corrected chi connectivity index (χ1v) is 11.7. The van der Waals surface area contributed by atoms with Crippen molar-refractivity contribution in [2.45, 2.75) is 25.4 Å². The lowest BCUT2D eigenvalue weighted by molar-refractivity contribution is -0.114. The third kappa shape index (κ3) is 4.15. The van der Waals surface area contributed by atoms with Crippen LogP contribution in [0.2, 0.25) is 0 Å². The highest BCUT2D eigenvalue weighted by Crippen LogP contribution is 2.35. The summed E-state index contributed by atoms with van der Waals surface area (Å²) in [5.74, 6) is 0.478. The molecule has 3 heterocycles. The van der Waals surface area contributed by atoms with Crippen molar-refractivity contribution in [1.29, 1.82) is 0 Å². The lowest BCUT2D eigenvalue weighted by Crippen LogP contribution is -2.62. The second kappa shape index (κ2) is 9.03. The number of methoxy groups -OCH3 is 2. The van der Waals surface area contributed by atoms with Crippen molar-refractivity contribution in [3.05, 3.63) is 53.7 Å². The van der Waals surface area contributed by atoms with Crippen LogP contribution in [0, 0.1) is 0 Å². The number of ether oxygens (including phenoxy) is 2. The van der Waals surface area contributed by atoms with E-state index in [1.807, 2.05) is 12.1 Å². The number of nitrogens with zero attached hydrogens (tertiary/aromatic N) is 2. The Morgan fingerprint density at radius 3 is 2.47 bits per heavy atom. The fourth-order valence-electron chi connectivity index (χ4n) is 4.83. The summed E-state index contributed by atoms with van der Waals surface area (Å²) in [6.07, 6.45) is 1.04. The Morgan fingerprint density at radius 2 is 1.78 bits per heavy atom. The Bertz CT molecular complexity index is 1380. The van der Waals surface area contributed by atoms with E-state index in [9.17, 15) is 14.4 Å². The van der Waals surface area contributed by atoms with Crippen LogP contribution < -0.4 is 25.4 Å².